The highest BCUT2D eigenvalue weighted by Crippen LogP contribution is 2.42. The van der Waals surface area contributed by atoms with E-state index in [0.29, 0.717) is 23.4 Å². The number of alkyl carbamates (subject to hydrolysis) is 2. The lowest BCUT2D eigenvalue weighted by Crippen LogP contribution is -2.52. The van der Waals surface area contributed by atoms with Crippen LogP contribution in [0.1, 0.15) is 81.3 Å². The largest absolute Gasteiger partial charge is 0.480 e. The molecule has 0 fully saturated rings. The highest BCUT2D eigenvalue weighted by atomic mass is 32.1. The summed E-state index contributed by atoms with van der Waals surface area (Å²) in [5.41, 5.74) is 2.57. The number of carbonyl (C=O) groups is 6. The molecule has 19 heteroatoms. The lowest BCUT2D eigenvalue weighted by Gasteiger charge is -2.41. The minimum Gasteiger partial charge on any atom is -0.480 e. The zero-order chi connectivity index (χ0) is 55.4. The van der Waals surface area contributed by atoms with Crippen LogP contribution >= 0.6 is 12.6 Å². The Kier molecular flexibility index (Phi) is 22.7. The second-order valence-corrected chi connectivity index (χ2v) is 27.3. The van der Waals surface area contributed by atoms with Crippen LogP contribution in [0.3, 0.4) is 0 Å². The van der Waals surface area contributed by atoms with Gasteiger partial charge in [0.05, 0.1) is 12.6 Å². The van der Waals surface area contributed by atoms with E-state index in [-0.39, 0.29) is 70.6 Å². The Balaban J connectivity index is 1.39. The lowest BCUT2D eigenvalue weighted by atomic mass is 9.82. The number of carboxylic acids is 1. The van der Waals surface area contributed by atoms with Crippen LogP contribution in [0, 0.1) is 17.0 Å². The maximum Gasteiger partial charge on any atom is 0.408 e. The van der Waals surface area contributed by atoms with Crippen molar-refractivity contribution in [3.63, 3.8) is 0 Å². The monoisotopic (exact) mass is 1080 g/mol. The summed E-state index contributed by atoms with van der Waals surface area (Å²) in [7, 11) is -1.48. The van der Waals surface area contributed by atoms with Gasteiger partial charge in [-0.1, -0.05) is 131 Å². The number of halogens is 2. The summed E-state index contributed by atoms with van der Waals surface area (Å²) in [5, 5.41) is 17.2. The third-order valence-electron chi connectivity index (χ3n) is 12.3. The molecule has 0 spiro atoms. The van der Waals surface area contributed by atoms with Crippen LogP contribution in [0.5, 0.6) is 0 Å². The van der Waals surface area contributed by atoms with Crippen molar-refractivity contribution in [2.75, 3.05) is 19.7 Å². The molecule has 5 aromatic rings. The number of aliphatic carboxylic acids is 1. The minimum absolute atomic E-state index is 0.0251. The van der Waals surface area contributed by atoms with Gasteiger partial charge in [0.25, 0.3) is 0 Å². The second-order valence-electron chi connectivity index (χ2n) is 20.9. The van der Waals surface area contributed by atoms with Gasteiger partial charge < -0.3 is 44.7 Å². The smallest absolute Gasteiger partial charge is 0.408 e. The van der Waals surface area contributed by atoms with E-state index in [1.807, 2.05) is 61.7 Å². The number of aromatic nitrogens is 1. The third-order valence-corrected chi connectivity index (χ3v) is 14.4. The Bertz CT molecular complexity index is 2700. The third kappa shape index (κ3) is 19.9. The number of ether oxygens (including phenoxy) is 3. The Morgan fingerprint density at radius 3 is 1.96 bits per heavy atom. The van der Waals surface area contributed by atoms with E-state index in [9.17, 15) is 38.3 Å². The van der Waals surface area contributed by atoms with Crippen LogP contribution in [0.2, 0.25) is 25.7 Å². The van der Waals surface area contributed by atoms with Crippen LogP contribution < -0.4 is 16.0 Å². The van der Waals surface area contributed by atoms with Crippen molar-refractivity contribution in [3.8, 4) is 11.1 Å². The number of amides is 4. The molecule has 5 rings (SSSR count). The fourth-order valence-electron chi connectivity index (χ4n) is 8.37. The van der Waals surface area contributed by atoms with Crippen LogP contribution in [0.15, 0.2) is 121 Å². The van der Waals surface area contributed by atoms with Crippen LogP contribution in [0.25, 0.3) is 11.1 Å². The Morgan fingerprint density at radius 2 is 1.37 bits per heavy atom. The Morgan fingerprint density at radius 1 is 0.763 bits per heavy atom. The average molecular weight is 1080 g/mol. The van der Waals surface area contributed by atoms with E-state index < -0.39 is 84.4 Å². The molecule has 4 atom stereocenters. The topological polar surface area (TPSA) is 195 Å². The number of carboxylic acid groups (broad SMARTS) is 1. The van der Waals surface area contributed by atoms with Crippen molar-refractivity contribution < 1.29 is 56.9 Å². The maximum absolute atomic E-state index is 15.5. The second kappa shape index (κ2) is 28.8. The molecule has 408 valence electrons. The van der Waals surface area contributed by atoms with Gasteiger partial charge in [-0.3, -0.25) is 14.4 Å². The summed E-state index contributed by atoms with van der Waals surface area (Å²) in [6.45, 7) is 13.0. The molecule has 0 radical (unpaired) electrons. The van der Waals surface area contributed by atoms with Gasteiger partial charge in [-0.2, -0.15) is 12.6 Å². The molecule has 4 amide bonds. The van der Waals surface area contributed by atoms with E-state index in [2.05, 4.69) is 35.6 Å². The molecule has 0 saturated heterocycles. The number of rotatable bonds is 27. The summed E-state index contributed by atoms with van der Waals surface area (Å²) >= 11 is 4.72. The molecule has 0 aliphatic heterocycles. The molecule has 1 aromatic heterocycles. The standard InChI is InChI=1S/C57H71F2N5O10SSi/c1-57(2,3)52(49-31-42(45-32-43(58)23-24-46(45)59)36-63(49)35-39-17-10-7-11-18-39)64(28-16-27-60-55(70)72-29-30-76(4,5)6)50(65)34-44(75)33-48(54(68)69)61-53(67)47(62-56(71)74-38-41-21-14-9-15-22-41)25-26-51(66)73-37-40-19-12-8-13-20-40/h7-15,17-24,31-32,36,44,47-48,52,75H,16,25-30,33-35,37-38H2,1-6H3,(H,60,70)(H,61,67)(H,62,71)(H,68,69)/t44?,47-,48?,52-/m0/s1. The number of esters is 1. The fourth-order valence-corrected chi connectivity index (χ4v) is 9.45. The number of benzene rings is 4. The molecule has 0 saturated carbocycles. The van der Waals surface area contributed by atoms with Crippen LogP contribution in [-0.2, 0) is 53.1 Å². The van der Waals surface area contributed by atoms with E-state index in [1.165, 1.54) is 0 Å². The molecular weight excluding hydrogens is 1010 g/mol. The van der Waals surface area contributed by atoms with Gasteiger partial charge in [0.1, 0.15) is 36.9 Å². The highest BCUT2D eigenvalue weighted by Gasteiger charge is 2.38. The van der Waals surface area contributed by atoms with Gasteiger partial charge >= 0.3 is 24.1 Å². The predicted octanol–water partition coefficient (Wildman–Crippen LogP) is 10.3. The van der Waals surface area contributed by atoms with Crippen LogP contribution in [0.4, 0.5) is 18.4 Å². The number of nitrogens with zero attached hydrogens (tertiary/aromatic N) is 2. The maximum atomic E-state index is 15.5. The average Bonchev–Trinajstić information content (AvgIpc) is 3.77. The van der Waals surface area contributed by atoms with E-state index in [0.717, 1.165) is 35.4 Å². The van der Waals surface area contributed by atoms with Crippen molar-refractivity contribution in [2.45, 2.75) is 122 Å². The van der Waals surface area contributed by atoms with E-state index >= 15 is 4.39 Å². The number of carbonyl (C=O) groups excluding carboxylic acids is 5. The van der Waals surface area contributed by atoms with Gasteiger partial charge in [0, 0.05) is 68.8 Å². The SMILES string of the molecule is CC(C)(C)[C@H](c1cc(-c2cc(F)ccc2F)cn1Cc1ccccc1)N(CCCNC(=O)OCC[Si](C)(C)C)C(=O)CC(S)CC(NC(=O)[C@H](CCC(=O)OCc1ccccc1)NC(=O)OCc1ccccc1)C(=O)O. The molecule has 1 heterocycles. The van der Waals surface area contributed by atoms with Crippen molar-refractivity contribution in [2.24, 2.45) is 5.41 Å². The van der Waals surface area contributed by atoms with Gasteiger partial charge in [-0.15, -0.1) is 0 Å². The summed E-state index contributed by atoms with van der Waals surface area (Å²) in [4.78, 5) is 82.1. The van der Waals surface area contributed by atoms with Gasteiger partial charge in [0.2, 0.25) is 11.8 Å². The zero-order valence-electron chi connectivity index (χ0n) is 44.1. The molecule has 4 aromatic carbocycles. The van der Waals surface area contributed by atoms with E-state index in [1.54, 1.807) is 71.8 Å². The lowest BCUT2D eigenvalue weighted by molar-refractivity contribution is -0.146. The molecule has 76 heavy (non-hydrogen) atoms. The van der Waals surface area contributed by atoms with Gasteiger partial charge in [-0.25, -0.2) is 23.2 Å². The first-order valence-corrected chi connectivity index (χ1v) is 29.6. The first-order chi connectivity index (χ1) is 36.1. The van der Waals surface area contributed by atoms with Crippen LogP contribution in [-0.4, -0.2) is 95.6 Å². The Labute approximate surface area is 450 Å². The van der Waals surface area contributed by atoms with Crippen molar-refractivity contribution in [3.05, 3.63) is 155 Å². The van der Waals surface area contributed by atoms with Crippen molar-refractivity contribution in [1.29, 1.82) is 0 Å². The number of thiol groups is 1. The Hall–Kier alpha value is -6.99. The highest BCUT2D eigenvalue weighted by molar-refractivity contribution is 7.81. The molecule has 0 aliphatic rings. The molecule has 2 unspecified atom stereocenters. The first kappa shape index (κ1) is 59.9. The van der Waals surface area contributed by atoms with Gasteiger partial charge in [0.15, 0.2) is 0 Å². The van der Waals surface area contributed by atoms with Gasteiger partial charge in [-0.05, 0) is 71.7 Å². The minimum atomic E-state index is -1.62. The van der Waals surface area contributed by atoms with E-state index in [4.69, 9.17) is 26.8 Å². The molecule has 15 nitrogen and oxygen atoms in total. The van der Waals surface area contributed by atoms with Crippen molar-refractivity contribution in [1.82, 2.24) is 25.4 Å². The summed E-state index contributed by atoms with van der Waals surface area (Å²) in [6.07, 6.45) is -0.874. The first-order valence-electron chi connectivity index (χ1n) is 25.3. The fraction of sp³-hybridized carbons (Fsp3) is 0.404. The van der Waals surface area contributed by atoms with Crippen molar-refractivity contribution >= 4 is 56.6 Å². The molecule has 0 aliphatic carbocycles. The predicted molar refractivity (Wildman–Crippen MR) is 292 cm³/mol. The summed E-state index contributed by atoms with van der Waals surface area (Å²) in [5.74, 6) is -4.77. The number of hydrogen-bond donors (Lipinski definition) is 5. The normalized spacial score (nSPS) is 13.1. The zero-order valence-corrected chi connectivity index (χ0v) is 46.0. The molecule has 0 bridgehead atoms. The quantitative estimate of drug-likeness (QED) is 0.0111. The molecule has 4 N–H and O–H groups in total. The molecular formula is C57H71F2N5O10SSi. The summed E-state index contributed by atoms with van der Waals surface area (Å²) in [6, 6.07) is 29.2. The number of nitrogens with one attached hydrogen (secondary N) is 3. The summed E-state index contributed by atoms with van der Waals surface area (Å²) < 4.78 is 48.2. The number of hydrogen-bond acceptors (Lipinski definition) is 10.